The predicted molar refractivity (Wildman–Crippen MR) is 96.3 cm³/mol. The summed E-state index contributed by atoms with van der Waals surface area (Å²) in [5, 5.41) is 22.0. The summed E-state index contributed by atoms with van der Waals surface area (Å²) in [4.78, 5) is 16.9. The highest BCUT2D eigenvalue weighted by atomic mass is 35.5. The number of benzene rings is 2. The van der Waals surface area contributed by atoms with Crippen LogP contribution < -0.4 is 0 Å². The van der Waals surface area contributed by atoms with Crippen LogP contribution in [0.5, 0.6) is 5.75 Å². The van der Waals surface area contributed by atoms with E-state index in [1.54, 1.807) is 36.5 Å². The summed E-state index contributed by atoms with van der Waals surface area (Å²) in [5.74, 6) is -0.219. The molecule has 124 valence electrons. The predicted octanol–water partition coefficient (Wildman–Crippen LogP) is 4.39. The Morgan fingerprint density at radius 1 is 1.12 bits per heavy atom. The molecule has 0 aliphatic heterocycles. The van der Waals surface area contributed by atoms with Gasteiger partial charge in [-0.15, -0.1) is 0 Å². The minimum absolute atomic E-state index is 0.0213. The topological polar surface area (TPSA) is 70.4 Å². The molecule has 1 aromatic heterocycles. The second-order valence-electron chi connectivity index (χ2n) is 6.03. The number of aromatic hydroxyl groups is 1. The van der Waals surface area contributed by atoms with Crippen molar-refractivity contribution in [2.24, 2.45) is 0 Å². The highest BCUT2D eigenvalue weighted by Gasteiger charge is 2.26. The van der Waals surface area contributed by atoms with E-state index in [0.717, 1.165) is 5.56 Å². The minimum Gasteiger partial charge on any atom is -0.512 e. The summed E-state index contributed by atoms with van der Waals surface area (Å²) in [6.07, 6.45) is 1.97. The number of carbonyl (C=O) groups is 1. The Morgan fingerprint density at radius 2 is 1.92 bits per heavy atom. The van der Waals surface area contributed by atoms with Crippen LogP contribution in [-0.2, 0) is 12.8 Å². The fraction of sp³-hybridized carbons (Fsp3) is 0.100. The van der Waals surface area contributed by atoms with Gasteiger partial charge in [0.15, 0.2) is 5.78 Å². The quantitative estimate of drug-likeness (QED) is 0.718. The standard InChI is InChI=1S/C20H14ClNO3/c21-16-9-12(19(24)18-14(16)6-3-7-22-18)8-15-17(23)10-11-4-1-2-5-13(11)20(15)25/h1-7,9,23-24H,8,10H2. The zero-order valence-electron chi connectivity index (χ0n) is 13.2. The van der Waals surface area contributed by atoms with Crippen molar-refractivity contribution < 1.29 is 15.0 Å². The second kappa shape index (κ2) is 5.90. The maximum Gasteiger partial charge on any atom is 0.192 e. The Bertz CT molecular complexity index is 1060. The first-order valence-corrected chi connectivity index (χ1v) is 8.22. The van der Waals surface area contributed by atoms with Gasteiger partial charge in [0, 0.05) is 41.1 Å². The highest BCUT2D eigenvalue weighted by molar-refractivity contribution is 6.35. The summed E-state index contributed by atoms with van der Waals surface area (Å²) in [6, 6.07) is 12.3. The third-order valence-electron chi connectivity index (χ3n) is 4.50. The molecule has 3 aromatic rings. The Balaban J connectivity index is 1.79. The maximum absolute atomic E-state index is 12.7. The van der Waals surface area contributed by atoms with Crippen LogP contribution in [-0.4, -0.2) is 21.0 Å². The van der Waals surface area contributed by atoms with E-state index in [9.17, 15) is 15.0 Å². The molecule has 1 heterocycles. The lowest BCUT2D eigenvalue weighted by Crippen LogP contribution is -2.18. The molecule has 2 N–H and O–H groups in total. The molecule has 0 amide bonds. The Kier molecular flexibility index (Phi) is 3.70. The number of aliphatic hydroxyl groups excluding tert-OH is 1. The molecule has 25 heavy (non-hydrogen) atoms. The number of phenols is 1. The summed E-state index contributed by atoms with van der Waals surface area (Å²) in [6.45, 7) is 0. The third kappa shape index (κ3) is 2.55. The number of Topliss-reactive ketones (excluding diaryl/α,β-unsaturated/α-hetero) is 1. The molecule has 4 rings (SSSR count). The zero-order chi connectivity index (χ0) is 17.6. The van der Waals surface area contributed by atoms with E-state index < -0.39 is 0 Å². The first kappa shape index (κ1) is 15.7. The number of ketones is 1. The molecule has 0 fully saturated rings. The number of rotatable bonds is 2. The molecule has 0 radical (unpaired) electrons. The minimum atomic E-state index is -0.226. The number of phenolic OH excluding ortho intramolecular Hbond substituents is 1. The van der Waals surface area contributed by atoms with Gasteiger partial charge in [-0.1, -0.05) is 35.9 Å². The van der Waals surface area contributed by atoms with Crippen molar-refractivity contribution in [3.05, 3.63) is 81.7 Å². The van der Waals surface area contributed by atoms with Crippen molar-refractivity contribution in [2.75, 3.05) is 0 Å². The molecular weight excluding hydrogens is 338 g/mol. The smallest absolute Gasteiger partial charge is 0.192 e. The van der Waals surface area contributed by atoms with Crippen LogP contribution in [0, 0.1) is 0 Å². The van der Waals surface area contributed by atoms with E-state index in [2.05, 4.69) is 4.98 Å². The van der Waals surface area contributed by atoms with E-state index in [1.165, 1.54) is 0 Å². The van der Waals surface area contributed by atoms with Crippen molar-refractivity contribution in [3.8, 4) is 5.75 Å². The normalized spacial score (nSPS) is 14.0. The molecule has 0 saturated carbocycles. The number of hydrogen-bond donors (Lipinski definition) is 2. The molecule has 2 aromatic carbocycles. The average molecular weight is 352 g/mol. The lowest BCUT2D eigenvalue weighted by molar-refractivity contribution is 0.102. The summed E-state index contributed by atoms with van der Waals surface area (Å²) in [7, 11) is 0. The summed E-state index contributed by atoms with van der Waals surface area (Å²) in [5.41, 5.74) is 2.51. The summed E-state index contributed by atoms with van der Waals surface area (Å²) >= 11 is 6.29. The van der Waals surface area contributed by atoms with Crippen molar-refractivity contribution in [2.45, 2.75) is 12.8 Å². The SMILES string of the molecule is O=C1C(Cc2cc(Cl)c3cccnc3c2O)=C(O)Cc2ccccc21. The maximum atomic E-state index is 12.7. The first-order valence-electron chi connectivity index (χ1n) is 7.85. The number of pyridine rings is 1. The molecule has 0 unspecified atom stereocenters. The first-order chi connectivity index (χ1) is 12.1. The van der Waals surface area contributed by atoms with Crippen molar-refractivity contribution in [1.82, 2.24) is 4.98 Å². The zero-order valence-corrected chi connectivity index (χ0v) is 13.9. The number of hydrogen-bond acceptors (Lipinski definition) is 4. The molecule has 1 aliphatic carbocycles. The number of carbonyl (C=O) groups excluding carboxylic acids is 1. The van der Waals surface area contributed by atoms with Crippen LogP contribution in [0.25, 0.3) is 10.9 Å². The summed E-state index contributed by atoms with van der Waals surface area (Å²) < 4.78 is 0. The van der Waals surface area contributed by atoms with Gasteiger partial charge in [0.25, 0.3) is 0 Å². The van der Waals surface area contributed by atoms with E-state index >= 15 is 0 Å². The van der Waals surface area contributed by atoms with E-state index in [-0.39, 0.29) is 29.3 Å². The molecule has 0 saturated heterocycles. The molecule has 0 bridgehead atoms. The van der Waals surface area contributed by atoms with Crippen LogP contribution in [0.3, 0.4) is 0 Å². The number of halogens is 1. The van der Waals surface area contributed by atoms with Crippen LogP contribution >= 0.6 is 11.6 Å². The average Bonchev–Trinajstić information content (AvgIpc) is 2.62. The van der Waals surface area contributed by atoms with Gasteiger partial charge in [0.1, 0.15) is 17.0 Å². The largest absolute Gasteiger partial charge is 0.512 e. The van der Waals surface area contributed by atoms with Crippen molar-refractivity contribution in [1.29, 1.82) is 0 Å². The van der Waals surface area contributed by atoms with Crippen LogP contribution in [0.2, 0.25) is 5.02 Å². The lowest BCUT2D eigenvalue weighted by Gasteiger charge is -2.19. The van der Waals surface area contributed by atoms with Crippen LogP contribution in [0.15, 0.2) is 60.0 Å². The van der Waals surface area contributed by atoms with Crippen LogP contribution in [0.1, 0.15) is 21.5 Å². The monoisotopic (exact) mass is 351 g/mol. The molecule has 1 aliphatic rings. The Hall–Kier alpha value is -2.85. The van der Waals surface area contributed by atoms with Gasteiger partial charge in [0.05, 0.1) is 5.02 Å². The molecular formula is C20H14ClNO3. The Morgan fingerprint density at radius 3 is 2.76 bits per heavy atom. The third-order valence-corrected chi connectivity index (χ3v) is 4.82. The second-order valence-corrected chi connectivity index (χ2v) is 6.44. The molecule has 4 nitrogen and oxygen atoms in total. The van der Waals surface area contributed by atoms with Gasteiger partial charge < -0.3 is 10.2 Å². The van der Waals surface area contributed by atoms with E-state index in [0.29, 0.717) is 33.5 Å². The Labute approximate surface area is 149 Å². The number of aliphatic hydroxyl groups is 1. The molecule has 0 atom stereocenters. The van der Waals surface area contributed by atoms with Gasteiger partial charge >= 0.3 is 0 Å². The highest BCUT2D eigenvalue weighted by Crippen LogP contribution is 2.36. The molecule has 5 heteroatoms. The van der Waals surface area contributed by atoms with Gasteiger partial charge in [-0.25, -0.2) is 0 Å². The van der Waals surface area contributed by atoms with Gasteiger partial charge in [0.2, 0.25) is 0 Å². The van der Waals surface area contributed by atoms with Gasteiger partial charge in [-0.05, 0) is 23.8 Å². The van der Waals surface area contributed by atoms with Crippen LogP contribution in [0.4, 0.5) is 0 Å². The fourth-order valence-electron chi connectivity index (χ4n) is 3.22. The number of fused-ring (bicyclic) bond motifs is 2. The van der Waals surface area contributed by atoms with Gasteiger partial charge in [-0.3, -0.25) is 9.78 Å². The van der Waals surface area contributed by atoms with Crippen molar-refractivity contribution >= 4 is 28.3 Å². The number of allylic oxidation sites excluding steroid dienone is 2. The van der Waals surface area contributed by atoms with E-state index in [4.69, 9.17) is 11.6 Å². The van der Waals surface area contributed by atoms with Gasteiger partial charge in [-0.2, -0.15) is 0 Å². The lowest BCUT2D eigenvalue weighted by atomic mass is 9.86. The van der Waals surface area contributed by atoms with Crippen molar-refractivity contribution in [3.63, 3.8) is 0 Å². The van der Waals surface area contributed by atoms with E-state index in [1.807, 2.05) is 12.1 Å². The number of aromatic nitrogens is 1. The fourth-order valence-corrected chi connectivity index (χ4v) is 3.51. The number of nitrogens with zero attached hydrogens (tertiary/aromatic N) is 1. The molecule has 0 spiro atoms.